The molecule has 0 spiro atoms. The van der Waals surface area contributed by atoms with Crippen LogP contribution in [-0.4, -0.2) is 28.3 Å². The van der Waals surface area contributed by atoms with Crippen LogP contribution in [0.15, 0.2) is 10.2 Å². The maximum absolute atomic E-state index is 11.1. The molecular formula is C8H11N3O3. The van der Waals surface area contributed by atoms with E-state index in [2.05, 4.69) is 15.7 Å². The van der Waals surface area contributed by atoms with Gasteiger partial charge in [-0.05, 0) is 19.8 Å². The van der Waals surface area contributed by atoms with E-state index in [1.54, 1.807) is 6.92 Å². The van der Waals surface area contributed by atoms with E-state index in [0.717, 1.165) is 0 Å². The zero-order valence-electron chi connectivity index (χ0n) is 7.78. The highest BCUT2D eigenvalue weighted by atomic mass is 16.6. The summed E-state index contributed by atoms with van der Waals surface area (Å²) in [5, 5.41) is 16.7. The molecular weight excluding hydrogens is 186 g/mol. The maximum Gasteiger partial charge on any atom is 0.312 e. The molecule has 1 saturated heterocycles. The van der Waals surface area contributed by atoms with E-state index in [1.165, 1.54) is 0 Å². The number of fused-ring (bicyclic) bond motifs is 1. The minimum absolute atomic E-state index is 0.153. The Bertz CT molecular complexity index is 337. The molecule has 0 amide bonds. The van der Waals surface area contributed by atoms with Crippen molar-refractivity contribution in [2.45, 2.75) is 31.7 Å². The first-order valence-corrected chi connectivity index (χ1v) is 4.44. The van der Waals surface area contributed by atoms with Gasteiger partial charge >= 0.3 is 5.97 Å². The number of hydrogen-bond donors (Lipinski definition) is 2. The number of carbonyl (C=O) groups is 1. The third-order valence-electron chi connectivity index (χ3n) is 2.61. The lowest BCUT2D eigenvalue weighted by Crippen LogP contribution is -2.54. The summed E-state index contributed by atoms with van der Waals surface area (Å²) in [6.07, 6.45) is 1.54. The highest BCUT2D eigenvalue weighted by Gasteiger charge is 2.46. The fraction of sp³-hybridized carbons (Fsp3) is 0.625. The number of carbonyl (C=O) groups excluding carboxylic acids is 1. The van der Waals surface area contributed by atoms with Gasteiger partial charge in [-0.1, -0.05) is 0 Å². The standard InChI is InChI=1S/C8H11N3O3/c1-5-8(11-13)4-2-3-6(12)14-7(8)10-9-5/h11,13H,2-4H2,1H3. The predicted molar refractivity (Wildman–Crippen MR) is 48.1 cm³/mol. The van der Waals surface area contributed by atoms with Crippen LogP contribution >= 0.6 is 0 Å². The van der Waals surface area contributed by atoms with E-state index in [4.69, 9.17) is 9.94 Å². The number of esters is 1. The van der Waals surface area contributed by atoms with E-state index in [9.17, 15) is 4.79 Å². The van der Waals surface area contributed by atoms with Gasteiger partial charge in [-0.3, -0.25) is 4.79 Å². The Balaban J connectivity index is 2.35. The molecule has 0 saturated carbocycles. The quantitative estimate of drug-likeness (QED) is 0.465. The summed E-state index contributed by atoms with van der Waals surface area (Å²) in [7, 11) is 0. The molecule has 2 N–H and O–H groups in total. The van der Waals surface area contributed by atoms with Crippen molar-refractivity contribution in [3.05, 3.63) is 0 Å². The van der Waals surface area contributed by atoms with Crippen LogP contribution < -0.4 is 5.48 Å². The zero-order valence-corrected chi connectivity index (χ0v) is 7.78. The second-order valence-electron chi connectivity index (χ2n) is 3.44. The van der Waals surface area contributed by atoms with E-state index >= 15 is 0 Å². The van der Waals surface area contributed by atoms with Gasteiger partial charge in [0, 0.05) is 6.42 Å². The van der Waals surface area contributed by atoms with Gasteiger partial charge in [-0.25, -0.2) is 0 Å². The average molecular weight is 197 g/mol. The molecule has 2 heterocycles. The van der Waals surface area contributed by atoms with Gasteiger partial charge in [0.1, 0.15) is 0 Å². The molecule has 1 fully saturated rings. The number of hydroxylamine groups is 1. The van der Waals surface area contributed by atoms with Crippen LogP contribution in [0.4, 0.5) is 0 Å². The first-order chi connectivity index (χ1) is 6.69. The van der Waals surface area contributed by atoms with Crippen LogP contribution in [0, 0.1) is 0 Å². The molecule has 6 nitrogen and oxygen atoms in total. The molecule has 14 heavy (non-hydrogen) atoms. The molecule has 76 valence electrons. The Hall–Kier alpha value is -1.27. The fourth-order valence-electron chi connectivity index (χ4n) is 1.68. The molecule has 0 aromatic carbocycles. The Labute approximate surface area is 80.6 Å². The van der Waals surface area contributed by atoms with Crippen molar-refractivity contribution in [3.8, 4) is 0 Å². The second-order valence-corrected chi connectivity index (χ2v) is 3.44. The molecule has 0 aliphatic carbocycles. The molecule has 2 rings (SSSR count). The molecule has 0 aromatic rings. The molecule has 2 aliphatic heterocycles. The van der Waals surface area contributed by atoms with E-state index in [-0.39, 0.29) is 11.9 Å². The third-order valence-corrected chi connectivity index (χ3v) is 2.61. The minimum atomic E-state index is -0.883. The SMILES string of the molecule is CC1=NN=C2OC(=O)CCCC12NO. The zero-order chi connectivity index (χ0) is 10.2. The maximum atomic E-state index is 11.1. The lowest BCUT2D eigenvalue weighted by molar-refractivity contribution is -0.135. The lowest BCUT2D eigenvalue weighted by Gasteiger charge is -2.25. The van der Waals surface area contributed by atoms with Gasteiger partial charge in [-0.2, -0.15) is 10.6 Å². The summed E-state index contributed by atoms with van der Waals surface area (Å²) in [6.45, 7) is 1.73. The largest absolute Gasteiger partial charge is 0.407 e. The molecule has 0 bridgehead atoms. The van der Waals surface area contributed by atoms with Crippen LogP contribution in [0.3, 0.4) is 0 Å². The number of ether oxygens (including phenoxy) is 1. The summed E-state index contributed by atoms with van der Waals surface area (Å²) in [6, 6.07) is 0. The van der Waals surface area contributed by atoms with Crippen molar-refractivity contribution in [2.24, 2.45) is 10.2 Å². The van der Waals surface area contributed by atoms with E-state index in [1.807, 2.05) is 0 Å². The summed E-state index contributed by atoms with van der Waals surface area (Å²) < 4.78 is 4.97. The summed E-state index contributed by atoms with van der Waals surface area (Å²) in [5.41, 5.74) is 1.88. The van der Waals surface area contributed by atoms with Gasteiger partial charge in [0.05, 0.1) is 5.71 Å². The first kappa shape index (κ1) is 9.29. The molecule has 1 atom stereocenters. The summed E-state index contributed by atoms with van der Waals surface area (Å²) >= 11 is 0. The Morgan fingerprint density at radius 2 is 2.36 bits per heavy atom. The van der Waals surface area contributed by atoms with E-state index < -0.39 is 5.54 Å². The van der Waals surface area contributed by atoms with Crippen molar-refractivity contribution in [3.63, 3.8) is 0 Å². The average Bonchev–Trinajstić information content (AvgIpc) is 2.38. The first-order valence-electron chi connectivity index (χ1n) is 4.44. The topological polar surface area (TPSA) is 83.3 Å². The Kier molecular flexibility index (Phi) is 2.09. The van der Waals surface area contributed by atoms with Crippen LogP contribution in [-0.2, 0) is 9.53 Å². The van der Waals surface area contributed by atoms with Crippen molar-refractivity contribution in [1.29, 1.82) is 0 Å². The third kappa shape index (κ3) is 1.15. The Morgan fingerprint density at radius 3 is 3.07 bits per heavy atom. The van der Waals surface area contributed by atoms with Gasteiger partial charge in [0.25, 0.3) is 0 Å². The smallest absolute Gasteiger partial charge is 0.312 e. The summed E-state index contributed by atoms with van der Waals surface area (Å²) in [5.74, 6) is -0.175. The van der Waals surface area contributed by atoms with Crippen LogP contribution in [0.2, 0.25) is 0 Å². The highest BCUT2D eigenvalue weighted by Crippen LogP contribution is 2.27. The molecule has 1 unspecified atom stereocenters. The van der Waals surface area contributed by atoms with Gasteiger partial charge < -0.3 is 9.94 Å². The predicted octanol–water partition coefficient (Wildman–Crippen LogP) is 0.219. The highest BCUT2D eigenvalue weighted by molar-refractivity contribution is 6.17. The number of rotatable bonds is 1. The van der Waals surface area contributed by atoms with Crippen molar-refractivity contribution < 1.29 is 14.7 Å². The lowest BCUT2D eigenvalue weighted by atomic mass is 9.90. The van der Waals surface area contributed by atoms with Gasteiger partial charge in [0.15, 0.2) is 5.54 Å². The second kappa shape index (κ2) is 3.14. The van der Waals surface area contributed by atoms with Crippen LogP contribution in [0.5, 0.6) is 0 Å². The Morgan fingerprint density at radius 1 is 1.57 bits per heavy atom. The normalized spacial score (nSPS) is 31.4. The van der Waals surface area contributed by atoms with Gasteiger partial charge in [-0.15, -0.1) is 5.10 Å². The molecule has 0 radical (unpaired) electrons. The van der Waals surface area contributed by atoms with Crippen LogP contribution in [0.25, 0.3) is 0 Å². The number of nitrogens with zero attached hydrogens (tertiary/aromatic N) is 2. The molecule has 2 aliphatic rings. The minimum Gasteiger partial charge on any atom is -0.407 e. The van der Waals surface area contributed by atoms with Crippen molar-refractivity contribution in [1.82, 2.24) is 5.48 Å². The number of hydrogen-bond acceptors (Lipinski definition) is 6. The van der Waals surface area contributed by atoms with Crippen molar-refractivity contribution >= 4 is 17.6 Å². The van der Waals surface area contributed by atoms with Crippen LogP contribution in [0.1, 0.15) is 26.2 Å². The molecule has 0 aromatic heterocycles. The van der Waals surface area contributed by atoms with Crippen molar-refractivity contribution in [2.75, 3.05) is 0 Å². The fourth-order valence-corrected chi connectivity index (χ4v) is 1.68. The molecule has 6 heteroatoms. The monoisotopic (exact) mass is 197 g/mol. The van der Waals surface area contributed by atoms with Gasteiger partial charge in [0.2, 0.25) is 5.90 Å². The summed E-state index contributed by atoms with van der Waals surface area (Å²) in [4.78, 5) is 11.1. The number of nitrogens with one attached hydrogen (secondary N) is 1. The van der Waals surface area contributed by atoms with E-state index in [0.29, 0.717) is 25.0 Å².